The summed E-state index contributed by atoms with van der Waals surface area (Å²) in [5.41, 5.74) is -0.310. The first-order valence-electron chi connectivity index (χ1n) is 7.03. The summed E-state index contributed by atoms with van der Waals surface area (Å²) in [6.07, 6.45) is 3.50. The molecule has 0 aliphatic heterocycles. The number of amides is 1. The Morgan fingerprint density at radius 1 is 1.38 bits per heavy atom. The molecule has 4 nitrogen and oxygen atoms in total. The lowest BCUT2D eigenvalue weighted by Gasteiger charge is -2.24. The molecule has 0 aliphatic carbocycles. The van der Waals surface area contributed by atoms with Crippen LogP contribution >= 0.6 is 11.3 Å². The van der Waals surface area contributed by atoms with Gasteiger partial charge in [0.2, 0.25) is 0 Å². The number of carbonyl (C=O) groups excluding carboxylic acids is 1. The van der Waals surface area contributed by atoms with Gasteiger partial charge in [-0.3, -0.25) is 4.79 Å². The van der Waals surface area contributed by atoms with Crippen molar-refractivity contribution >= 4 is 17.2 Å². The van der Waals surface area contributed by atoms with Gasteiger partial charge in [-0.05, 0) is 25.3 Å². The monoisotopic (exact) mass is 304 g/mol. The fourth-order valence-corrected chi connectivity index (χ4v) is 2.92. The molecule has 1 amide bonds. The summed E-state index contributed by atoms with van der Waals surface area (Å²) >= 11 is 1.41. The van der Waals surface area contributed by atoms with Crippen LogP contribution in [0.1, 0.15) is 40.5 Å². The lowest BCUT2D eigenvalue weighted by Crippen LogP contribution is -2.38. The smallest absolute Gasteiger partial charge is 0.263 e. The predicted molar refractivity (Wildman–Crippen MR) is 84.5 cm³/mol. The number of rotatable bonds is 6. The number of aromatic nitrogens is 1. The van der Waals surface area contributed by atoms with Crippen LogP contribution in [0, 0.1) is 0 Å². The van der Waals surface area contributed by atoms with Crippen LogP contribution in [0.2, 0.25) is 0 Å². The largest absolute Gasteiger partial charge is 0.384 e. The number of thiazole rings is 1. The number of nitrogens with one attached hydrogen (secondary N) is 1. The third-order valence-corrected chi connectivity index (χ3v) is 4.29. The van der Waals surface area contributed by atoms with Crippen molar-refractivity contribution in [1.29, 1.82) is 0 Å². The molecular formula is C16H20N2O2S. The molecule has 0 radical (unpaired) electrons. The average molecular weight is 304 g/mol. The number of benzene rings is 1. The van der Waals surface area contributed by atoms with Gasteiger partial charge in [-0.15, -0.1) is 11.3 Å². The summed E-state index contributed by atoms with van der Waals surface area (Å²) in [6.45, 7) is 3.94. The van der Waals surface area contributed by atoms with Gasteiger partial charge in [-0.2, -0.15) is 0 Å². The van der Waals surface area contributed by atoms with Gasteiger partial charge in [0.15, 0.2) is 0 Å². The highest BCUT2D eigenvalue weighted by Gasteiger charge is 2.24. The summed E-state index contributed by atoms with van der Waals surface area (Å²) in [7, 11) is 0. The van der Waals surface area contributed by atoms with Gasteiger partial charge in [-0.1, -0.05) is 37.3 Å². The van der Waals surface area contributed by atoms with Crippen LogP contribution in [0.15, 0.2) is 36.5 Å². The van der Waals surface area contributed by atoms with Crippen molar-refractivity contribution in [3.05, 3.63) is 52.0 Å². The lowest BCUT2D eigenvalue weighted by molar-refractivity contribution is 0.0527. The molecule has 1 aromatic heterocycles. The molecule has 2 N–H and O–H groups in total. The maximum Gasteiger partial charge on any atom is 0.263 e. The predicted octanol–water partition coefficient (Wildman–Crippen LogP) is 2.73. The highest BCUT2D eigenvalue weighted by Crippen LogP contribution is 2.20. The third-order valence-electron chi connectivity index (χ3n) is 3.23. The topological polar surface area (TPSA) is 62.2 Å². The highest BCUT2D eigenvalue weighted by molar-refractivity contribution is 7.13. The van der Waals surface area contributed by atoms with Crippen molar-refractivity contribution in [3.8, 4) is 0 Å². The van der Waals surface area contributed by atoms with E-state index < -0.39 is 5.60 Å². The summed E-state index contributed by atoms with van der Waals surface area (Å²) in [6, 6.07) is 9.32. The van der Waals surface area contributed by atoms with E-state index in [1.54, 1.807) is 13.1 Å². The first-order valence-corrected chi connectivity index (χ1v) is 7.85. The fourth-order valence-electron chi connectivity index (χ4n) is 1.98. The van der Waals surface area contributed by atoms with E-state index in [0.29, 0.717) is 4.88 Å². The van der Waals surface area contributed by atoms with Gasteiger partial charge in [0.05, 0.1) is 17.7 Å². The van der Waals surface area contributed by atoms with E-state index in [4.69, 9.17) is 0 Å². The molecular weight excluding hydrogens is 284 g/mol. The van der Waals surface area contributed by atoms with Crippen LogP contribution in [-0.4, -0.2) is 22.5 Å². The first-order chi connectivity index (χ1) is 10.0. The van der Waals surface area contributed by atoms with E-state index in [1.807, 2.05) is 30.3 Å². The zero-order chi connectivity index (χ0) is 15.3. The number of hydrogen-bond acceptors (Lipinski definition) is 4. The first kappa shape index (κ1) is 15.7. The molecule has 0 bridgehead atoms. The fraction of sp³-hybridized carbons (Fsp3) is 0.375. The van der Waals surface area contributed by atoms with Crippen LogP contribution in [-0.2, 0) is 12.0 Å². The number of carbonyl (C=O) groups is 1. The molecule has 5 heteroatoms. The molecule has 2 rings (SSSR count). The second kappa shape index (κ2) is 6.83. The number of hydrogen-bond donors (Lipinski definition) is 2. The van der Waals surface area contributed by atoms with Crippen molar-refractivity contribution in [3.63, 3.8) is 0 Å². The van der Waals surface area contributed by atoms with Gasteiger partial charge >= 0.3 is 0 Å². The maximum absolute atomic E-state index is 12.1. The molecule has 2 aromatic rings. The van der Waals surface area contributed by atoms with Crippen LogP contribution in [0.25, 0.3) is 0 Å². The van der Waals surface area contributed by atoms with E-state index >= 15 is 0 Å². The van der Waals surface area contributed by atoms with E-state index in [2.05, 4.69) is 17.2 Å². The van der Waals surface area contributed by atoms with Gasteiger partial charge < -0.3 is 10.4 Å². The molecule has 0 saturated heterocycles. The highest BCUT2D eigenvalue weighted by atomic mass is 32.1. The molecule has 1 unspecified atom stereocenters. The number of nitrogens with zero attached hydrogens (tertiary/aromatic N) is 1. The molecule has 0 spiro atoms. The molecule has 21 heavy (non-hydrogen) atoms. The van der Waals surface area contributed by atoms with Crippen LogP contribution in [0.3, 0.4) is 0 Å². The Bertz CT molecular complexity index is 593. The molecule has 0 saturated carbocycles. The normalized spacial score (nSPS) is 13.7. The second-order valence-electron chi connectivity index (χ2n) is 5.19. The van der Waals surface area contributed by atoms with Crippen LogP contribution in [0.4, 0.5) is 0 Å². The van der Waals surface area contributed by atoms with Crippen molar-refractivity contribution in [1.82, 2.24) is 10.3 Å². The molecule has 1 heterocycles. The Labute approximate surface area is 128 Å². The van der Waals surface area contributed by atoms with E-state index in [-0.39, 0.29) is 12.5 Å². The SMILES string of the molecule is CCCc1ncc(C(=O)NCC(C)(O)c2ccccc2)s1. The Morgan fingerprint density at radius 2 is 2.10 bits per heavy atom. The Morgan fingerprint density at radius 3 is 2.76 bits per heavy atom. The van der Waals surface area contributed by atoms with Crippen LogP contribution in [0.5, 0.6) is 0 Å². The minimum absolute atomic E-state index is 0.164. The molecule has 0 aliphatic rings. The lowest BCUT2D eigenvalue weighted by atomic mass is 9.96. The zero-order valence-electron chi connectivity index (χ0n) is 12.3. The van der Waals surface area contributed by atoms with Crippen molar-refractivity contribution < 1.29 is 9.90 Å². The minimum Gasteiger partial charge on any atom is -0.384 e. The average Bonchev–Trinajstić information content (AvgIpc) is 2.95. The standard InChI is InChI=1S/C16H20N2O2S/c1-3-7-14-17-10-13(21-14)15(19)18-11-16(2,20)12-8-5-4-6-9-12/h4-6,8-10,20H,3,7,11H2,1-2H3,(H,18,19). The van der Waals surface area contributed by atoms with Crippen LogP contribution < -0.4 is 5.32 Å². The van der Waals surface area contributed by atoms with Crippen molar-refractivity contribution in [2.45, 2.75) is 32.3 Å². The van der Waals surface area contributed by atoms with Crippen molar-refractivity contribution in [2.75, 3.05) is 6.54 Å². The summed E-state index contributed by atoms with van der Waals surface area (Å²) in [5, 5.41) is 14.2. The molecule has 112 valence electrons. The van der Waals surface area contributed by atoms with Gasteiger partial charge in [0.1, 0.15) is 10.5 Å². The quantitative estimate of drug-likeness (QED) is 0.862. The van der Waals surface area contributed by atoms with E-state index in [1.165, 1.54) is 11.3 Å². The maximum atomic E-state index is 12.1. The molecule has 1 atom stereocenters. The number of aliphatic hydroxyl groups is 1. The minimum atomic E-state index is -1.09. The Hall–Kier alpha value is -1.72. The molecule has 1 aromatic carbocycles. The molecule has 0 fully saturated rings. The Kier molecular flexibility index (Phi) is 5.09. The second-order valence-corrected chi connectivity index (χ2v) is 6.31. The van der Waals surface area contributed by atoms with Gasteiger partial charge in [0.25, 0.3) is 5.91 Å². The van der Waals surface area contributed by atoms with Gasteiger partial charge in [-0.25, -0.2) is 4.98 Å². The van der Waals surface area contributed by atoms with E-state index in [0.717, 1.165) is 23.4 Å². The summed E-state index contributed by atoms with van der Waals surface area (Å²) in [4.78, 5) is 16.9. The van der Waals surface area contributed by atoms with Gasteiger partial charge in [0, 0.05) is 0 Å². The summed E-state index contributed by atoms with van der Waals surface area (Å²) < 4.78 is 0. The third kappa shape index (κ3) is 4.12. The van der Waals surface area contributed by atoms with E-state index in [9.17, 15) is 9.90 Å². The Balaban J connectivity index is 1.96. The zero-order valence-corrected chi connectivity index (χ0v) is 13.1. The van der Waals surface area contributed by atoms with Crippen molar-refractivity contribution in [2.24, 2.45) is 0 Å². The number of aryl methyl sites for hydroxylation is 1. The summed E-state index contributed by atoms with van der Waals surface area (Å²) in [5.74, 6) is -0.189.